The van der Waals surface area contributed by atoms with Crippen LogP contribution >= 0.6 is 0 Å². The molecular weight excluding hydrogens is 468 g/mol. The average molecular weight is 500 g/mol. The van der Waals surface area contributed by atoms with E-state index in [1.165, 1.54) is 6.07 Å². The Balaban J connectivity index is 1.11. The monoisotopic (exact) mass is 499 g/mol. The summed E-state index contributed by atoms with van der Waals surface area (Å²) in [4.78, 5) is 17.4. The Morgan fingerprint density at radius 3 is 2.61 bits per heavy atom. The molecule has 2 N–H and O–H groups in total. The highest BCUT2D eigenvalue weighted by Crippen LogP contribution is 2.31. The molecule has 2 fully saturated rings. The van der Waals surface area contributed by atoms with E-state index in [9.17, 15) is 8.78 Å². The zero-order valence-electron chi connectivity index (χ0n) is 20.5. The van der Waals surface area contributed by atoms with Gasteiger partial charge in [0.2, 0.25) is 5.88 Å². The number of nitrogens with two attached hydrogens (primary N) is 1. The van der Waals surface area contributed by atoms with Crippen LogP contribution in [0.5, 0.6) is 5.88 Å². The summed E-state index contributed by atoms with van der Waals surface area (Å²) in [6.07, 6.45) is 5.14. The number of hydrogen-bond donors (Lipinski definition) is 1. The molecule has 5 rings (SSSR count). The van der Waals surface area contributed by atoms with Crippen LogP contribution in [-0.4, -0.2) is 58.9 Å². The lowest BCUT2D eigenvalue weighted by atomic mass is 9.94. The molecule has 0 bridgehead atoms. The van der Waals surface area contributed by atoms with Crippen molar-refractivity contribution in [1.82, 2.24) is 20.1 Å². The molecule has 36 heavy (non-hydrogen) atoms. The third kappa shape index (κ3) is 5.25. The quantitative estimate of drug-likeness (QED) is 0.523. The van der Waals surface area contributed by atoms with E-state index < -0.39 is 11.6 Å². The fourth-order valence-electron chi connectivity index (χ4n) is 4.77. The fraction of sp³-hybridized carbons (Fsp3) is 0.520. The molecule has 0 aliphatic carbocycles. The van der Waals surface area contributed by atoms with Crippen molar-refractivity contribution in [3.8, 4) is 5.88 Å². The van der Waals surface area contributed by atoms with Gasteiger partial charge in [-0.1, -0.05) is 19.0 Å². The number of hydrogen-bond acceptors (Lipinski definition) is 9. The van der Waals surface area contributed by atoms with Crippen LogP contribution in [0.4, 0.5) is 20.6 Å². The molecule has 2 atom stereocenters. The van der Waals surface area contributed by atoms with Crippen LogP contribution in [0, 0.1) is 17.6 Å². The van der Waals surface area contributed by atoms with Crippen molar-refractivity contribution in [3.05, 3.63) is 53.6 Å². The van der Waals surface area contributed by atoms with E-state index in [-0.39, 0.29) is 17.9 Å². The molecule has 3 aromatic rings. The van der Waals surface area contributed by atoms with Crippen molar-refractivity contribution in [2.24, 2.45) is 11.7 Å². The molecule has 1 aromatic carbocycles. The van der Waals surface area contributed by atoms with Gasteiger partial charge in [-0.15, -0.1) is 0 Å². The standard InChI is InChI=1S/C25H31F2N7O2/c1-15(2)24-31-25(36-32-24)33-7-5-16(6-8-33)14-35-23-11-29-22(10-30-23)34-12-19(21(28)13-34)18-9-17(26)3-4-20(18)27/h3-4,9-11,15-16,19,21H,5-8,12-14,28H2,1-2H3. The molecular formula is C25H31F2N7O2. The summed E-state index contributed by atoms with van der Waals surface area (Å²) in [5, 5.41) is 4.04. The number of rotatable bonds is 7. The van der Waals surface area contributed by atoms with Gasteiger partial charge in [0.05, 0.1) is 19.0 Å². The molecule has 0 spiro atoms. The van der Waals surface area contributed by atoms with Crippen LogP contribution in [0.1, 0.15) is 49.9 Å². The highest BCUT2D eigenvalue weighted by atomic mass is 19.1. The molecule has 11 heteroatoms. The highest BCUT2D eigenvalue weighted by molar-refractivity contribution is 5.42. The van der Waals surface area contributed by atoms with E-state index in [1.807, 2.05) is 18.7 Å². The second-order valence-electron chi connectivity index (χ2n) is 9.89. The van der Waals surface area contributed by atoms with Crippen molar-refractivity contribution >= 4 is 11.8 Å². The molecule has 0 saturated carbocycles. The molecule has 2 saturated heterocycles. The number of ether oxygens (including phenoxy) is 1. The summed E-state index contributed by atoms with van der Waals surface area (Å²) in [6, 6.07) is 3.73. The Morgan fingerprint density at radius 1 is 1.11 bits per heavy atom. The van der Waals surface area contributed by atoms with E-state index in [1.54, 1.807) is 12.4 Å². The largest absolute Gasteiger partial charge is 0.476 e. The first-order chi connectivity index (χ1) is 17.4. The van der Waals surface area contributed by atoms with Crippen LogP contribution in [0.15, 0.2) is 35.1 Å². The van der Waals surface area contributed by atoms with E-state index in [2.05, 4.69) is 25.0 Å². The second kappa shape index (κ2) is 10.3. The van der Waals surface area contributed by atoms with Crippen LogP contribution in [0.3, 0.4) is 0 Å². The van der Waals surface area contributed by atoms with E-state index in [0.29, 0.717) is 48.9 Å². The number of benzene rings is 1. The summed E-state index contributed by atoms with van der Waals surface area (Å²) in [6.45, 7) is 7.22. The van der Waals surface area contributed by atoms with Gasteiger partial charge in [0.15, 0.2) is 5.82 Å². The lowest BCUT2D eigenvalue weighted by Gasteiger charge is -2.30. The van der Waals surface area contributed by atoms with Gasteiger partial charge in [0.25, 0.3) is 0 Å². The minimum absolute atomic E-state index is 0.237. The molecule has 0 amide bonds. The lowest BCUT2D eigenvalue weighted by Crippen LogP contribution is -2.35. The highest BCUT2D eigenvalue weighted by Gasteiger charge is 2.34. The Kier molecular flexibility index (Phi) is 6.99. The summed E-state index contributed by atoms with van der Waals surface area (Å²) < 4.78 is 39.2. The molecule has 2 unspecified atom stereocenters. The summed E-state index contributed by atoms with van der Waals surface area (Å²) in [5.41, 5.74) is 6.55. The molecule has 192 valence electrons. The predicted molar refractivity (Wildman–Crippen MR) is 130 cm³/mol. The normalized spacial score (nSPS) is 20.9. The van der Waals surface area contributed by atoms with Crippen LogP contribution in [-0.2, 0) is 0 Å². The second-order valence-corrected chi connectivity index (χ2v) is 9.89. The van der Waals surface area contributed by atoms with E-state index >= 15 is 0 Å². The number of nitrogens with zero attached hydrogens (tertiary/aromatic N) is 6. The van der Waals surface area contributed by atoms with Gasteiger partial charge in [-0.2, -0.15) is 4.98 Å². The smallest absolute Gasteiger partial charge is 0.324 e. The maximum absolute atomic E-state index is 14.3. The average Bonchev–Trinajstić information content (AvgIpc) is 3.52. The van der Waals surface area contributed by atoms with Gasteiger partial charge in [-0.25, -0.2) is 18.7 Å². The third-order valence-corrected chi connectivity index (χ3v) is 6.96. The maximum Gasteiger partial charge on any atom is 0.324 e. The van der Waals surface area contributed by atoms with Crippen LogP contribution in [0.25, 0.3) is 0 Å². The van der Waals surface area contributed by atoms with Crippen molar-refractivity contribution in [1.29, 1.82) is 0 Å². The molecule has 2 aliphatic rings. The SMILES string of the molecule is CC(C)c1noc(N2CCC(COc3cnc(N4CC(N)C(c5cc(F)ccc5F)C4)cn3)CC2)n1. The molecule has 0 radical (unpaired) electrons. The summed E-state index contributed by atoms with van der Waals surface area (Å²) >= 11 is 0. The van der Waals surface area contributed by atoms with Gasteiger partial charge >= 0.3 is 6.01 Å². The van der Waals surface area contributed by atoms with Gasteiger partial charge in [-0.3, -0.25) is 0 Å². The molecule has 2 aromatic heterocycles. The van der Waals surface area contributed by atoms with Crippen LogP contribution in [0.2, 0.25) is 0 Å². The van der Waals surface area contributed by atoms with Crippen molar-refractivity contribution in [3.63, 3.8) is 0 Å². The number of aromatic nitrogens is 4. The minimum Gasteiger partial charge on any atom is -0.476 e. The Morgan fingerprint density at radius 2 is 1.92 bits per heavy atom. The summed E-state index contributed by atoms with van der Waals surface area (Å²) in [5.74, 6) is 1.20. The van der Waals surface area contributed by atoms with Gasteiger partial charge < -0.3 is 24.8 Å². The number of halogens is 2. The minimum atomic E-state index is -0.473. The number of piperidine rings is 1. The van der Waals surface area contributed by atoms with E-state index in [4.69, 9.17) is 15.0 Å². The Hall–Kier alpha value is -3.34. The Bertz CT molecular complexity index is 1170. The van der Waals surface area contributed by atoms with Gasteiger partial charge in [-0.05, 0) is 42.5 Å². The lowest BCUT2D eigenvalue weighted by molar-refractivity contribution is 0.213. The fourth-order valence-corrected chi connectivity index (χ4v) is 4.77. The van der Waals surface area contributed by atoms with Crippen molar-refractivity contribution in [2.75, 3.05) is 42.6 Å². The van der Waals surface area contributed by atoms with Crippen LogP contribution < -0.4 is 20.3 Å². The van der Waals surface area contributed by atoms with Gasteiger partial charge in [0.1, 0.15) is 17.5 Å². The third-order valence-electron chi connectivity index (χ3n) is 6.96. The molecule has 4 heterocycles. The zero-order valence-corrected chi connectivity index (χ0v) is 20.5. The topological polar surface area (TPSA) is 106 Å². The van der Waals surface area contributed by atoms with Crippen molar-refractivity contribution in [2.45, 2.75) is 44.6 Å². The first-order valence-corrected chi connectivity index (χ1v) is 12.4. The summed E-state index contributed by atoms with van der Waals surface area (Å²) in [7, 11) is 0. The maximum atomic E-state index is 14.3. The van der Waals surface area contributed by atoms with E-state index in [0.717, 1.165) is 43.9 Å². The zero-order chi connectivity index (χ0) is 25.2. The van der Waals surface area contributed by atoms with Crippen molar-refractivity contribution < 1.29 is 18.0 Å². The van der Waals surface area contributed by atoms with Gasteiger partial charge in [0, 0.05) is 44.1 Å². The Labute approximate surface area is 208 Å². The first-order valence-electron chi connectivity index (χ1n) is 12.4. The predicted octanol–water partition coefficient (Wildman–Crippen LogP) is 3.49. The first kappa shape index (κ1) is 24.4. The molecule has 9 nitrogen and oxygen atoms in total. The number of anilines is 2. The molecule has 2 aliphatic heterocycles.